The summed E-state index contributed by atoms with van der Waals surface area (Å²) in [4.78, 5) is 36.0. The molecule has 216 valence electrons. The van der Waals surface area contributed by atoms with Crippen LogP contribution in [0.1, 0.15) is 52.8 Å². The standard InChI is InChI=1S/C32H34O9/c1-2-30(34)39-23-7-22-38-27-14-10-25(11-15-27)32(36)41-29-18-16-28(17-19-29)40-31(35)24-8-12-26(13-9-24)37-21-6-4-3-5-20-33/h2,8-19,33H,1,3-7,20-23H2. The summed E-state index contributed by atoms with van der Waals surface area (Å²) in [5.74, 6) is 0.279. The van der Waals surface area contributed by atoms with Crippen LogP contribution in [-0.2, 0) is 9.53 Å². The summed E-state index contributed by atoms with van der Waals surface area (Å²) >= 11 is 0. The van der Waals surface area contributed by atoms with Gasteiger partial charge in [-0.1, -0.05) is 13.0 Å². The van der Waals surface area contributed by atoms with E-state index in [1.807, 2.05) is 0 Å². The molecule has 0 aliphatic rings. The molecule has 9 nitrogen and oxygen atoms in total. The molecule has 0 fully saturated rings. The highest BCUT2D eigenvalue weighted by atomic mass is 16.5. The number of rotatable bonds is 17. The van der Waals surface area contributed by atoms with Crippen molar-refractivity contribution in [3.05, 3.63) is 96.6 Å². The fourth-order valence-electron chi connectivity index (χ4n) is 3.52. The first kappa shape index (κ1) is 30.9. The van der Waals surface area contributed by atoms with Crippen LogP contribution in [0.15, 0.2) is 85.5 Å². The summed E-state index contributed by atoms with van der Waals surface area (Å²) in [6.07, 6.45) is 5.28. The minimum Gasteiger partial charge on any atom is -0.494 e. The zero-order valence-electron chi connectivity index (χ0n) is 22.8. The summed E-state index contributed by atoms with van der Waals surface area (Å²) in [7, 11) is 0. The highest BCUT2D eigenvalue weighted by Crippen LogP contribution is 2.21. The first-order chi connectivity index (χ1) is 20.0. The molecule has 3 aromatic rings. The van der Waals surface area contributed by atoms with E-state index in [2.05, 4.69) is 6.58 Å². The maximum Gasteiger partial charge on any atom is 0.343 e. The van der Waals surface area contributed by atoms with Gasteiger partial charge in [0.05, 0.1) is 30.9 Å². The van der Waals surface area contributed by atoms with Crippen LogP contribution in [-0.4, -0.2) is 49.4 Å². The van der Waals surface area contributed by atoms with Crippen molar-refractivity contribution in [2.75, 3.05) is 26.4 Å². The minimum atomic E-state index is -0.551. The quantitative estimate of drug-likeness (QED) is 0.0977. The van der Waals surface area contributed by atoms with Gasteiger partial charge in [-0.25, -0.2) is 14.4 Å². The van der Waals surface area contributed by atoms with Crippen LogP contribution in [0, 0.1) is 0 Å². The van der Waals surface area contributed by atoms with E-state index in [1.54, 1.807) is 48.5 Å². The molecule has 1 N–H and O–H groups in total. The molecule has 0 saturated heterocycles. The Kier molecular flexibility index (Phi) is 12.9. The lowest BCUT2D eigenvalue weighted by Crippen LogP contribution is -2.10. The van der Waals surface area contributed by atoms with Crippen molar-refractivity contribution in [3.63, 3.8) is 0 Å². The molecule has 0 atom stereocenters. The van der Waals surface area contributed by atoms with Gasteiger partial charge >= 0.3 is 17.9 Å². The number of hydrogen-bond donors (Lipinski definition) is 1. The van der Waals surface area contributed by atoms with Crippen LogP contribution in [0.25, 0.3) is 0 Å². The number of benzene rings is 3. The van der Waals surface area contributed by atoms with Gasteiger partial charge in [0.2, 0.25) is 0 Å². The highest BCUT2D eigenvalue weighted by molar-refractivity contribution is 5.92. The van der Waals surface area contributed by atoms with Crippen molar-refractivity contribution < 1.29 is 43.2 Å². The Morgan fingerprint density at radius 1 is 0.585 bits per heavy atom. The average Bonchev–Trinajstić information content (AvgIpc) is 3.00. The van der Waals surface area contributed by atoms with E-state index in [0.29, 0.717) is 53.8 Å². The second-order valence-corrected chi connectivity index (χ2v) is 8.86. The molecule has 0 bridgehead atoms. The van der Waals surface area contributed by atoms with Crippen molar-refractivity contribution in [1.29, 1.82) is 0 Å². The predicted molar refractivity (Wildman–Crippen MR) is 152 cm³/mol. The number of unbranched alkanes of at least 4 members (excludes halogenated alkanes) is 3. The summed E-state index contributed by atoms with van der Waals surface area (Å²) < 4.78 is 26.9. The van der Waals surface area contributed by atoms with E-state index in [1.165, 1.54) is 24.3 Å². The van der Waals surface area contributed by atoms with Crippen molar-refractivity contribution in [1.82, 2.24) is 0 Å². The molecule has 9 heteroatoms. The lowest BCUT2D eigenvalue weighted by molar-refractivity contribution is -0.137. The average molecular weight is 563 g/mol. The van der Waals surface area contributed by atoms with Gasteiger partial charge < -0.3 is 28.8 Å². The predicted octanol–water partition coefficient (Wildman–Crippen LogP) is 5.55. The summed E-state index contributed by atoms with van der Waals surface area (Å²) in [5.41, 5.74) is 0.709. The Labute approximate surface area is 239 Å². The summed E-state index contributed by atoms with van der Waals surface area (Å²) in [6, 6.07) is 19.3. The Bertz CT molecular complexity index is 1250. The lowest BCUT2D eigenvalue weighted by Gasteiger charge is -2.09. The number of aliphatic hydroxyl groups excluding tert-OH is 1. The zero-order chi connectivity index (χ0) is 29.3. The molecule has 0 unspecified atom stereocenters. The second-order valence-electron chi connectivity index (χ2n) is 8.86. The molecule has 0 radical (unpaired) electrons. The van der Waals surface area contributed by atoms with Crippen molar-refractivity contribution in [2.24, 2.45) is 0 Å². The molecule has 0 aromatic heterocycles. The SMILES string of the molecule is C=CC(=O)OCCCOc1ccc(C(=O)Oc2ccc(OC(=O)c3ccc(OCCCCCCO)cc3)cc2)cc1. The van der Waals surface area contributed by atoms with Crippen LogP contribution >= 0.6 is 0 Å². The number of esters is 3. The number of hydrogen-bond acceptors (Lipinski definition) is 9. The van der Waals surface area contributed by atoms with Gasteiger partial charge in [-0.15, -0.1) is 0 Å². The molecule has 0 heterocycles. The van der Waals surface area contributed by atoms with Crippen LogP contribution in [0.2, 0.25) is 0 Å². The first-order valence-electron chi connectivity index (χ1n) is 13.4. The van der Waals surface area contributed by atoms with Gasteiger partial charge in [-0.2, -0.15) is 0 Å². The van der Waals surface area contributed by atoms with Crippen LogP contribution in [0.4, 0.5) is 0 Å². The Morgan fingerprint density at radius 3 is 1.49 bits per heavy atom. The number of aliphatic hydroxyl groups is 1. The lowest BCUT2D eigenvalue weighted by atomic mass is 10.2. The molecule has 0 spiro atoms. The summed E-state index contributed by atoms with van der Waals surface area (Å²) in [5, 5.41) is 8.80. The van der Waals surface area contributed by atoms with Crippen molar-refractivity contribution in [2.45, 2.75) is 32.1 Å². The second kappa shape index (κ2) is 17.1. The third kappa shape index (κ3) is 11.2. The molecule has 0 aliphatic carbocycles. The number of carbonyl (C=O) groups excluding carboxylic acids is 3. The smallest absolute Gasteiger partial charge is 0.343 e. The van der Waals surface area contributed by atoms with E-state index in [0.717, 1.165) is 31.8 Å². The molecule has 0 amide bonds. The van der Waals surface area contributed by atoms with Gasteiger partial charge in [0.1, 0.15) is 23.0 Å². The maximum absolute atomic E-state index is 12.5. The molecule has 0 aliphatic heterocycles. The van der Waals surface area contributed by atoms with E-state index < -0.39 is 17.9 Å². The fourth-order valence-corrected chi connectivity index (χ4v) is 3.52. The summed E-state index contributed by atoms with van der Waals surface area (Å²) in [6.45, 7) is 4.68. The third-order valence-electron chi connectivity index (χ3n) is 5.71. The van der Waals surface area contributed by atoms with Gasteiger partial charge in [0, 0.05) is 19.1 Å². The molecule has 0 saturated carbocycles. The number of carbonyl (C=O) groups is 3. The molecule has 3 rings (SSSR count). The van der Waals surface area contributed by atoms with E-state index in [-0.39, 0.29) is 13.2 Å². The Balaban J connectivity index is 1.40. The zero-order valence-corrected chi connectivity index (χ0v) is 22.8. The highest BCUT2D eigenvalue weighted by Gasteiger charge is 2.12. The Morgan fingerprint density at radius 2 is 1.02 bits per heavy atom. The van der Waals surface area contributed by atoms with E-state index in [4.69, 9.17) is 28.8 Å². The Hall–Kier alpha value is -4.63. The largest absolute Gasteiger partial charge is 0.494 e. The van der Waals surface area contributed by atoms with Gasteiger partial charge in [0.25, 0.3) is 0 Å². The maximum atomic E-state index is 12.5. The van der Waals surface area contributed by atoms with E-state index in [9.17, 15) is 14.4 Å². The van der Waals surface area contributed by atoms with Crippen molar-refractivity contribution in [3.8, 4) is 23.0 Å². The van der Waals surface area contributed by atoms with Gasteiger partial charge in [0.15, 0.2) is 0 Å². The van der Waals surface area contributed by atoms with Crippen LogP contribution in [0.5, 0.6) is 23.0 Å². The van der Waals surface area contributed by atoms with Crippen LogP contribution < -0.4 is 18.9 Å². The topological polar surface area (TPSA) is 118 Å². The molecular weight excluding hydrogens is 528 g/mol. The molecule has 3 aromatic carbocycles. The monoisotopic (exact) mass is 562 g/mol. The van der Waals surface area contributed by atoms with Crippen molar-refractivity contribution >= 4 is 17.9 Å². The first-order valence-corrected chi connectivity index (χ1v) is 13.4. The van der Waals surface area contributed by atoms with E-state index >= 15 is 0 Å². The number of ether oxygens (including phenoxy) is 5. The van der Waals surface area contributed by atoms with Gasteiger partial charge in [-0.05, 0) is 92.1 Å². The third-order valence-corrected chi connectivity index (χ3v) is 5.71. The molecular formula is C32H34O9. The van der Waals surface area contributed by atoms with Gasteiger partial charge in [-0.3, -0.25) is 0 Å². The fraction of sp³-hybridized carbons (Fsp3) is 0.281. The normalized spacial score (nSPS) is 10.4. The molecule has 41 heavy (non-hydrogen) atoms. The minimum absolute atomic E-state index is 0.213. The van der Waals surface area contributed by atoms with Crippen LogP contribution in [0.3, 0.4) is 0 Å².